The van der Waals surface area contributed by atoms with Crippen molar-refractivity contribution in [1.82, 2.24) is 4.90 Å². The number of nitrogens with zero attached hydrogens (tertiary/aromatic N) is 1. The van der Waals surface area contributed by atoms with Gasteiger partial charge >= 0.3 is 0 Å². The topological polar surface area (TPSA) is 12.5 Å². The Morgan fingerprint density at radius 1 is 1.39 bits per heavy atom. The number of methoxy groups -OCH3 is 1. The first-order valence-electron chi connectivity index (χ1n) is 6.24. The van der Waals surface area contributed by atoms with Crippen molar-refractivity contribution in [3.63, 3.8) is 0 Å². The molecule has 1 aliphatic heterocycles. The summed E-state index contributed by atoms with van der Waals surface area (Å²) < 4.78 is 6.19. The maximum absolute atomic E-state index is 5.58. The van der Waals surface area contributed by atoms with Gasteiger partial charge in [-0.3, -0.25) is 0 Å². The van der Waals surface area contributed by atoms with Gasteiger partial charge in [-0.15, -0.1) is 0 Å². The van der Waals surface area contributed by atoms with Crippen LogP contribution in [0.15, 0.2) is 22.7 Å². The summed E-state index contributed by atoms with van der Waals surface area (Å²) in [5, 5.41) is 0. The molecule has 0 atom stereocenters. The van der Waals surface area contributed by atoms with Gasteiger partial charge in [0.2, 0.25) is 0 Å². The van der Waals surface area contributed by atoms with E-state index in [-0.39, 0.29) is 0 Å². The first kappa shape index (κ1) is 13.8. The van der Waals surface area contributed by atoms with E-state index in [2.05, 4.69) is 27.8 Å². The van der Waals surface area contributed by atoms with Crippen LogP contribution in [-0.2, 0) is 0 Å². The van der Waals surface area contributed by atoms with Crippen molar-refractivity contribution in [2.45, 2.75) is 19.8 Å². The third-order valence-electron chi connectivity index (χ3n) is 3.47. The van der Waals surface area contributed by atoms with E-state index in [0.29, 0.717) is 0 Å². The van der Waals surface area contributed by atoms with Crippen molar-refractivity contribution >= 4 is 33.1 Å². The third-order valence-corrected chi connectivity index (χ3v) is 4.58. The zero-order valence-electron chi connectivity index (χ0n) is 10.8. The Balaban J connectivity index is 2.11. The molecule has 2 rings (SSSR count). The predicted octanol–water partition coefficient (Wildman–Crippen LogP) is 3.87. The second-order valence-corrected chi connectivity index (χ2v) is 6.07. The van der Waals surface area contributed by atoms with Gasteiger partial charge in [0.05, 0.1) is 11.6 Å². The minimum absolute atomic E-state index is 0.826. The number of halogens is 1. The number of likely N-dealkylation sites (tertiary alicyclic amines) is 1. The lowest BCUT2D eigenvalue weighted by molar-refractivity contribution is 0.284. The SMILES string of the molecule is COc1ccc(C(=S)N2CCC(C)CC2)cc1Br. The van der Waals surface area contributed by atoms with Crippen LogP contribution in [0.25, 0.3) is 0 Å². The van der Waals surface area contributed by atoms with Gasteiger partial charge in [0.1, 0.15) is 10.7 Å². The summed E-state index contributed by atoms with van der Waals surface area (Å²) in [5.41, 5.74) is 1.09. The number of benzene rings is 1. The van der Waals surface area contributed by atoms with E-state index in [1.165, 1.54) is 12.8 Å². The molecular formula is C14H18BrNOS. The molecule has 0 saturated carbocycles. The average Bonchev–Trinajstić information content (AvgIpc) is 2.38. The number of ether oxygens (including phenoxy) is 1. The van der Waals surface area contributed by atoms with Gasteiger partial charge in [-0.1, -0.05) is 19.1 Å². The van der Waals surface area contributed by atoms with Crippen LogP contribution in [0.3, 0.4) is 0 Å². The molecule has 18 heavy (non-hydrogen) atoms. The van der Waals surface area contributed by atoms with Crippen LogP contribution in [0, 0.1) is 5.92 Å². The van der Waals surface area contributed by atoms with Crippen LogP contribution < -0.4 is 4.74 Å². The lowest BCUT2D eigenvalue weighted by Crippen LogP contribution is -2.37. The predicted molar refractivity (Wildman–Crippen MR) is 82.4 cm³/mol. The molecule has 0 aromatic heterocycles. The fraction of sp³-hybridized carbons (Fsp3) is 0.500. The Morgan fingerprint density at radius 2 is 2.06 bits per heavy atom. The minimum Gasteiger partial charge on any atom is -0.496 e. The molecule has 2 nitrogen and oxygen atoms in total. The highest BCUT2D eigenvalue weighted by Crippen LogP contribution is 2.27. The second-order valence-electron chi connectivity index (χ2n) is 4.82. The highest BCUT2D eigenvalue weighted by Gasteiger charge is 2.19. The van der Waals surface area contributed by atoms with Crippen LogP contribution in [0.1, 0.15) is 25.3 Å². The molecule has 0 spiro atoms. The molecule has 0 bridgehead atoms. The Labute approximate surface area is 122 Å². The van der Waals surface area contributed by atoms with E-state index in [4.69, 9.17) is 17.0 Å². The maximum Gasteiger partial charge on any atom is 0.133 e. The minimum atomic E-state index is 0.826. The molecule has 4 heteroatoms. The number of thiocarbonyl (C=S) groups is 1. The van der Waals surface area contributed by atoms with E-state index in [0.717, 1.165) is 39.8 Å². The standard InChI is InChI=1S/C14H18BrNOS/c1-10-5-7-16(8-6-10)14(18)11-3-4-13(17-2)12(15)9-11/h3-4,9-10H,5-8H2,1-2H3. The Bertz CT molecular complexity index is 441. The fourth-order valence-corrected chi connectivity index (χ4v) is 3.04. The van der Waals surface area contributed by atoms with E-state index in [1.807, 2.05) is 18.2 Å². The van der Waals surface area contributed by atoms with Gasteiger partial charge < -0.3 is 9.64 Å². The molecule has 1 fully saturated rings. The lowest BCUT2D eigenvalue weighted by Gasteiger charge is -2.32. The summed E-state index contributed by atoms with van der Waals surface area (Å²) in [5.74, 6) is 1.67. The molecule has 1 aromatic carbocycles. The maximum atomic E-state index is 5.58. The summed E-state index contributed by atoms with van der Waals surface area (Å²) in [4.78, 5) is 3.26. The summed E-state index contributed by atoms with van der Waals surface area (Å²) >= 11 is 9.09. The van der Waals surface area contributed by atoms with Gasteiger partial charge in [-0.05, 0) is 52.9 Å². The lowest BCUT2D eigenvalue weighted by atomic mass is 9.99. The highest BCUT2D eigenvalue weighted by molar-refractivity contribution is 9.10. The van der Waals surface area contributed by atoms with Gasteiger partial charge in [0, 0.05) is 18.7 Å². The third kappa shape index (κ3) is 3.04. The van der Waals surface area contributed by atoms with Crippen molar-refractivity contribution in [1.29, 1.82) is 0 Å². The van der Waals surface area contributed by atoms with Crippen LogP contribution in [0.5, 0.6) is 5.75 Å². The zero-order valence-corrected chi connectivity index (χ0v) is 13.2. The van der Waals surface area contributed by atoms with Crippen LogP contribution in [0.4, 0.5) is 0 Å². The molecular weight excluding hydrogens is 310 g/mol. The molecule has 0 amide bonds. The second kappa shape index (κ2) is 6.02. The van der Waals surface area contributed by atoms with Gasteiger partial charge in [-0.2, -0.15) is 0 Å². The van der Waals surface area contributed by atoms with Crippen molar-refractivity contribution in [3.8, 4) is 5.75 Å². The quantitative estimate of drug-likeness (QED) is 0.765. The van der Waals surface area contributed by atoms with Crippen molar-refractivity contribution < 1.29 is 4.74 Å². The summed E-state index contributed by atoms with van der Waals surface area (Å²) in [6.45, 7) is 4.46. The number of piperidine rings is 1. The molecule has 1 aromatic rings. The molecule has 1 saturated heterocycles. The number of hydrogen-bond acceptors (Lipinski definition) is 2. The Morgan fingerprint density at radius 3 is 2.61 bits per heavy atom. The summed E-state index contributed by atoms with van der Waals surface area (Å²) in [7, 11) is 1.67. The molecule has 0 radical (unpaired) electrons. The molecule has 0 unspecified atom stereocenters. The van der Waals surface area contributed by atoms with Gasteiger partial charge in [0.25, 0.3) is 0 Å². The average molecular weight is 328 g/mol. The van der Waals surface area contributed by atoms with Crippen LogP contribution in [-0.4, -0.2) is 30.1 Å². The largest absolute Gasteiger partial charge is 0.496 e. The monoisotopic (exact) mass is 327 g/mol. The van der Waals surface area contributed by atoms with Crippen molar-refractivity contribution in [2.75, 3.05) is 20.2 Å². The van der Waals surface area contributed by atoms with E-state index in [9.17, 15) is 0 Å². The molecule has 1 heterocycles. The van der Waals surface area contributed by atoms with E-state index < -0.39 is 0 Å². The van der Waals surface area contributed by atoms with Crippen molar-refractivity contribution in [3.05, 3.63) is 28.2 Å². The summed E-state index contributed by atoms with van der Waals surface area (Å²) in [6.07, 6.45) is 2.47. The first-order chi connectivity index (χ1) is 8.61. The Hall–Kier alpha value is -0.610. The number of rotatable bonds is 2. The zero-order chi connectivity index (χ0) is 13.1. The molecule has 0 aliphatic carbocycles. The van der Waals surface area contributed by atoms with Crippen molar-refractivity contribution in [2.24, 2.45) is 5.92 Å². The fourth-order valence-electron chi connectivity index (χ4n) is 2.19. The van der Waals surface area contributed by atoms with Crippen LogP contribution >= 0.6 is 28.1 Å². The van der Waals surface area contributed by atoms with E-state index in [1.54, 1.807) is 7.11 Å². The van der Waals surface area contributed by atoms with Crippen LogP contribution in [0.2, 0.25) is 0 Å². The van der Waals surface area contributed by atoms with E-state index >= 15 is 0 Å². The highest BCUT2D eigenvalue weighted by atomic mass is 79.9. The van der Waals surface area contributed by atoms with Gasteiger partial charge in [0.15, 0.2) is 0 Å². The normalized spacial score (nSPS) is 16.7. The summed E-state index contributed by atoms with van der Waals surface area (Å²) in [6, 6.07) is 6.03. The Kier molecular flexibility index (Phi) is 4.62. The smallest absolute Gasteiger partial charge is 0.133 e. The van der Waals surface area contributed by atoms with Gasteiger partial charge in [-0.25, -0.2) is 0 Å². The number of hydrogen-bond donors (Lipinski definition) is 0. The molecule has 1 aliphatic rings. The molecule has 98 valence electrons. The molecule has 0 N–H and O–H groups in total. The first-order valence-corrected chi connectivity index (χ1v) is 7.44.